The maximum absolute atomic E-state index is 12.2. The van der Waals surface area contributed by atoms with Crippen LogP contribution in [0.2, 0.25) is 0 Å². The molecule has 3 rings (SSSR count). The van der Waals surface area contributed by atoms with Gasteiger partial charge < -0.3 is 19.9 Å². The van der Waals surface area contributed by atoms with Crippen LogP contribution in [0.1, 0.15) is 12.3 Å². The number of hydrogen-bond acceptors (Lipinski definition) is 7. The Bertz CT molecular complexity index is 942. The van der Waals surface area contributed by atoms with Crippen LogP contribution in [-0.2, 0) is 20.7 Å². The van der Waals surface area contributed by atoms with Crippen molar-refractivity contribution in [1.29, 1.82) is 0 Å². The van der Waals surface area contributed by atoms with Gasteiger partial charge in [-0.25, -0.2) is 0 Å². The first kappa shape index (κ1) is 19.2. The number of aromatic nitrogens is 3. The lowest BCUT2D eigenvalue weighted by Gasteiger charge is -2.08. The highest BCUT2D eigenvalue weighted by Crippen LogP contribution is 2.17. The fraction of sp³-hybridized carbons (Fsp3) is 0.211. The second-order valence-corrected chi connectivity index (χ2v) is 5.86. The molecule has 0 atom stereocenters. The van der Waals surface area contributed by atoms with Gasteiger partial charge >= 0.3 is 0 Å². The number of benzene rings is 1. The Morgan fingerprint density at radius 1 is 1.11 bits per heavy atom. The number of carbonyl (C=O) groups excluding carboxylic acids is 2. The van der Waals surface area contributed by atoms with E-state index in [1.165, 1.54) is 7.11 Å². The van der Waals surface area contributed by atoms with Crippen LogP contribution < -0.4 is 10.6 Å². The molecule has 0 fully saturated rings. The Balaban J connectivity index is 1.52. The molecule has 0 aliphatic heterocycles. The van der Waals surface area contributed by atoms with Gasteiger partial charge in [0.15, 0.2) is 0 Å². The van der Waals surface area contributed by atoms with Gasteiger partial charge in [0.2, 0.25) is 23.5 Å². The van der Waals surface area contributed by atoms with E-state index in [1.54, 1.807) is 42.7 Å². The molecule has 0 spiro atoms. The number of methoxy groups -OCH3 is 1. The maximum Gasteiger partial charge on any atom is 0.250 e. The molecular weight excluding hydrogens is 362 g/mol. The molecule has 9 heteroatoms. The molecule has 2 N–H and O–H groups in total. The normalized spacial score (nSPS) is 10.5. The van der Waals surface area contributed by atoms with Crippen molar-refractivity contribution in [3.8, 4) is 11.4 Å². The highest BCUT2D eigenvalue weighted by molar-refractivity contribution is 5.94. The summed E-state index contributed by atoms with van der Waals surface area (Å²) in [6.07, 6.45) is 3.78. The number of aryl methyl sites for hydroxylation is 1. The molecule has 3 aromatic rings. The second kappa shape index (κ2) is 9.38. The van der Waals surface area contributed by atoms with Crippen molar-refractivity contribution in [2.24, 2.45) is 0 Å². The number of amides is 2. The number of rotatable bonds is 8. The molecule has 2 aromatic heterocycles. The number of pyridine rings is 1. The molecule has 28 heavy (non-hydrogen) atoms. The van der Waals surface area contributed by atoms with Gasteiger partial charge in [0.05, 0.1) is 0 Å². The molecule has 0 radical (unpaired) electrons. The first-order valence-corrected chi connectivity index (χ1v) is 8.56. The molecule has 0 unspecified atom stereocenters. The first-order chi connectivity index (χ1) is 13.6. The summed E-state index contributed by atoms with van der Waals surface area (Å²) in [6, 6.07) is 10.5. The smallest absolute Gasteiger partial charge is 0.250 e. The zero-order valence-corrected chi connectivity index (χ0v) is 15.2. The third-order valence-corrected chi connectivity index (χ3v) is 3.66. The van der Waals surface area contributed by atoms with Crippen molar-refractivity contribution in [3.63, 3.8) is 0 Å². The van der Waals surface area contributed by atoms with E-state index >= 15 is 0 Å². The Morgan fingerprint density at radius 3 is 2.61 bits per heavy atom. The SMILES string of the molecule is COCC(=O)Nc1cccc(NC(=O)CCc2nc(-c3cccnc3)no2)c1. The van der Waals surface area contributed by atoms with Gasteiger partial charge in [-0.15, -0.1) is 0 Å². The topological polar surface area (TPSA) is 119 Å². The van der Waals surface area contributed by atoms with Crippen LogP contribution >= 0.6 is 0 Å². The fourth-order valence-electron chi connectivity index (χ4n) is 2.42. The predicted octanol–water partition coefficient (Wildman–Crippen LogP) is 2.29. The van der Waals surface area contributed by atoms with Crippen LogP contribution in [0, 0.1) is 0 Å². The van der Waals surface area contributed by atoms with E-state index in [-0.39, 0.29) is 24.8 Å². The Labute approximate surface area is 161 Å². The third-order valence-electron chi connectivity index (χ3n) is 3.66. The molecule has 0 aliphatic carbocycles. The van der Waals surface area contributed by atoms with E-state index in [0.717, 1.165) is 5.56 Å². The lowest BCUT2D eigenvalue weighted by Crippen LogP contribution is -2.17. The molecule has 2 heterocycles. The Hall–Kier alpha value is -3.59. The number of anilines is 2. The van der Waals surface area contributed by atoms with Gasteiger partial charge in [0, 0.05) is 49.3 Å². The van der Waals surface area contributed by atoms with Crippen molar-refractivity contribution >= 4 is 23.2 Å². The third kappa shape index (κ3) is 5.45. The number of carbonyl (C=O) groups is 2. The van der Waals surface area contributed by atoms with Gasteiger partial charge in [-0.2, -0.15) is 4.98 Å². The molecular formula is C19H19N5O4. The summed E-state index contributed by atoms with van der Waals surface area (Å²) in [5.41, 5.74) is 1.88. The molecule has 0 aliphatic rings. The molecule has 2 amide bonds. The summed E-state index contributed by atoms with van der Waals surface area (Å²) < 4.78 is 9.95. The molecule has 144 valence electrons. The number of ether oxygens (including phenoxy) is 1. The monoisotopic (exact) mass is 381 g/mol. The molecule has 0 saturated heterocycles. The van der Waals surface area contributed by atoms with Gasteiger partial charge in [0.25, 0.3) is 0 Å². The van der Waals surface area contributed by atoms with Crippen molar-refractivity contribution in [2.45, 2.75) is 12.8 Å². The van der Waals surface area contributed by atoms with Gasteiger partial charge in [-0.05, 0) is 30.3 Å². The minimum Gasteiger partial charge on any atom is -0.375 e. The summed E-state index contributed by atoms with van der Waals surface area (Å²) in [4.78, 5) is 32.0. The summed E-state index contributed by atoms with van der Waals surface area (Å²) in [5.74, 6) is 0.325. The average Bonchev–Trinajstić information content (AvgIpc) is 3.17. The lowest BCUT2D eigenvalue weighted by atomic mass is 10.2. The minimum atomic E-state index is -0.271. The van der Waals surface area contributed by atoms with Gasteiger partial charge in [-0.3, -0.25) is 14.6 Å². The zero-order chi connectivity index (χ0) is 19.8. The number of nitrogens with one attached hydrogen (secondary N) is 2. The quantitative estimate of drug-likeness (QED) is 0.614. The summed E-state index contributed by atoms with van der Waals surface area (Å²) in [7, 11) is 1.44. The van der Waals surface area contributed by atoms with Crippen molar-refractivity contribution < 1.29 is 18.8 Å². The first-order valence-electron chi connectivity index (χ1n) is 8.56. The maximum atomic E-state index is 12.2. The van der Waals surface area contributed by atoms with Crippen LogP contribution in [0.15, 0.2) is 53.3 Å². The highest BCUT2D eigenvalue weighted by atomic mass is 16.5. The van der Waals surface area contributed by atoms with E-state index in [4.69, 9.17) is 9.26 Å². The molecule has 9 nitrogen and oxygen atoms in total. The molecule has 0 saturated carbocycles. The van der Waals surface area contributed by atoms with E-state index < -0.39 is 0 Å². The largest absolute Gasteiger partial charge is 0.375 e. The van der Waals surface area contributed by atoms with E-state index in [9.17, 15) is 9.59 Å². The summed E-state index contributed by atoms with van der Waals surface area (Å²) >= 11 is 0. The van der Waals surface area contributed by atoms with Crippen molar-refractivity contribution in [3.05, 3.63) is 54.7 Å². The fourth-order valence-corrected chi connectivity index (χ4v) is 2.42. The average molecular weight is 381 g/mol. The molecule has 0 bridgehead atoms. The molecule has 1 aromatic carbocycles. The van der Waals surface area contributed by atoms with Crippen LogP contribution in [-0.4, -0.2) is 40.7 Å². The van der Waals surface area contributed by atoms with E-state index in [2.05, 4.69) is 25.8 Å². The van der Waals surface area contributed by atoms with E-state index in [0.29, 0.717) is 29.5 Å². The van der Waals surface area contributed by atoms with Crippen LogP contribution in [0.4, 0.5) is 11.4 Å². The second-order valence-electron chi connectivity index (χ2n) is 5.86. The summed E-state index contributed by atoms with van der Waals surface area (Å²) in [6.45, 7) is -0.0399. The van der Waals surface area contributed by atoms with Crippen molar-refractivity contribution in [1.82, 2.24) is 15.1 Å². The number of nitrogens with zero attached hydrogens (tertiary/aromatic N) is 3. The minimum absolute atomic E-state index is 0.0399. The van der Waals surface area contributed by atoms with Gasteiger partial charge in [-0.1, -0.05) is 11.2 Å². The van der Waals surface area contributed by atoms with Crippen LogP contribution in [0.3, 0.4) is 0 Å². The van der Waals surface area contributed by atoms with Crippen molar-refractivity contribution in [2.75, 3.05) is 24.4 Å². The zero-order valence-electron chi connectivity index (χ0n) is 15.2. The lowest BCUT2D eigenvalue weighted by molar-refractivity contribution is -0.119. The highest BCUT2D eigenvalue weighted by Gasteiger charge is 2.11. The standard InChI is InChI=1S/C19H19N5O4/c1-27-12-17(26)22-15-6-2-5-14(10-15)21-16(25)7-8-18-23-19(24-28-18)13-4-3-9-20-11-13/h2-6,9-11H,7-8,12H2,1H3,(H,21,25)(H,22,26). The number of hydrogen-bond donors (Lipinski definition) is 2. The Morgan fingerprint density at radius 2 is 1.89 bits per heavy atom. The van der Waals surface area contributed by atoms with Gasteiger partial charge in [0.1, 0.15) is 6.61 Å². The van der Waals surface area contributed by atoms with Crippen LogP contribution in [0.25, 0.3) is 11.4 Å². The Kier molecular flexibility index (Phi) is 6.42. The summed E-state index contributed by atoms with van der Waals surface area (Å²) in [5, 5.41) is 9.35. The van der Waals surface area contributed by atoms with Crippen LogP contribution in [0.5, 0.6) is 0 Å². The predicted molar refractivity (Wildman–Crippen MR) is 101 cm³/mol. The van der Waals surface area contributed by atoms with E-state index in [1.807, 2.05) is 6.07 Å².